The van der Waals surface area contributed by atoms with Crippen molar-refractivity contribution in [3.63, 3.8) is 0 Å². The molecule has 2 aliphatic heterocycles. The number of amides is 1. The van der Waals surface area contributed by atoms with Crippen LogP contribution in [0.25, 0.3) is 0 Å². The first-order valence-corrected chi connectivity index (χ1v) is 8.82. The highest BCUT2D eigenvalue weighted by Crippen LogP contribution is 2.31. The second kappa shape index (κ2) is 7.27. The maximum atomic E-state index is 12.7. The number of nitrogens with one attached hydrogen (secondary N) is 1. The number of halogens is 3. The van der Waals surface area contributed by atoms with Gasteiger partial charge in [-0.3, -0.25) is 4.79 Å². The van der Waals surface area contributed by atoms with E-state index in [0.717, 1.165) is 12.1 Å². The number of carbonyl (C=O) groups is 1. The Labute approximate surface area is 159 Å². The van der Waals surface area contributed by atoms with Gasteiger partial charge in [-0.05, 0) is 24.3 Å². The number of piperazine rings is 1. The van der Waals surface area contributed by atoms with E-state index in [1.165, 1.54) is 18.3 Å². The molecule has 28 heavy (non-hydrogen) atoms. The fourth-order valence-electron chi connectivity index (χ4n) is 3.06. The Morgan fingerprint density at radius 2 is 1.71 bits per heavy atom. The van der Waals surface area contributed by atoms with Crippen LogP contribution in [0.15, 0.2) is 36.7 Å². The van der Waals surface area contributed by atoms with Crippen molar-refractivity contribution >= 4 is 23.2 Å². The van der Waals surface area contributed by atoms with Crippen molar-refractivity contribution in [3.8, 4) is 0 Å². The largest absolute Gasteiger partial charge is 0.416 e. The molecule has 2 aliphatic rings. The van der Waals surface area contributed by atoms with Gasteiger partial charge in [0.25, 0.3) is 5.91 Å². The zero-order valence-corrected chi connectivity index (χ0v) is 14.8. The van der Waals surface area contributed by atoms with E-state index in [0.29, 0.717) is 50.1 Å². The molecule has 0 aliphatic carbocycles. The number of epoxide rings is 1. The van der Waals surface area contributed by atoms with Crippen molar-refractivity contribution in [2.45, 2.75) is 12.3 Å². The molecule has 1 aromatic heterocycles. The normalized spacial score (nSPS) is 19.5. The quantitative estimate of drug-likeness (QED) is 0.804. The maximum Gasteiger partial charge on any atom is 0.416 e. The summed E-state index contributed by atoms with van der Waals surface area (Å²) >= 11 is 0. The molecule has 1 aromatic carbocycles. The van der Waals surface area contributed by atoms with Crippen LogP contribution in [0.4, 0.5) is 30.5 Å². The van der Waals surface area contributed by atoms with Crippen LogP contribution in [0.3, 0.4) is 0 Å². The zero-order valence-electron chi connectivity index (χ0n) is 14.8. The summed E-state index contributed by atoms with van der Waals surface area (Å²) in [5, 5.41) is 3.03. The summed E-state index contributed by atoms with van der Waals surface area (Å²) < 4.78 is 43.2. The lowest BCUT2D eigenvalue weighted by atomic mass is 10.2. The van der Waals surface area contributed by atoms with Gasteiger partial charge in [-0.1, -0.05) is 0 Å². The zero-order chi connectivity index (χ0) is 19.7. The van der Waals surface area contributed by atoms with Crippen LogP contribution in [0.5, 0.6) is 0 Å². The third-order valence-corrected chi connectivity index (χ3v) is 4.65. The van der Waals surface area contributed by atoms with Crippen molar-refractivity contribution < 1.29 is 22.7 Å². The molecule has 0 saturated carbocycles. The minimum absolute atomic E-state index is 0.0156. The third-order valence-electron chi connectivity index (χ3n) is 4.65. The highest BCUT2D eigenvalue weighted by Gasteiger charge is 2.36. The standard InChI is InChI=1S/C18H18F3N5O2/c19-18(20,21)12-1-3-13(4-2-12)24-15-16(23-6-5-22-15)25-7-9-26(10-8-25)17(27)14-11-28-14/h1-6,14H,7-11H2,(H,22,24). The molecule has 0 radical (unpaired) electrons. The fraction of sp³-hybridized carbons (Fsp3) is 0.389. The predicted octanol–water partition coefficient (Wildman–Crippen LogP) is 2.29. The van der Waals surface area contributed by atoms with Crippen LogP contribution in [-0.2, 0) is 15.7 Å². The highest BCUT2D eigenvalue weighted by atomic mass is 19.4. The number of ether oxygens (including phenoxy) is 1. The monoisotopic (exact) mass is 393 g/mol. The van der Waals surface area contributed by atoms with Gasteiger partial charge in [0.15, 0.2) is 17.7 Å². The predicted molar refractivity (Wildman–Crippen MR) is 95.3 cm³/mol. The van der Waals surface area contributed by atoms with Crippen LogP contribution < -0.4 is 10.2 Å². The Bertz CT molecular complexity index is 847. The average Bonchev–Trinajstić information content (AvgIpc) is 3.53. The van der Waals surface area contributed by atoms with Gasteiger partial charge in [-0.15, -0.1) is 0 Å². The molecule has 7 nitrogen and oxygen atoms in total. The van der Waals surface area contributed by atoms with Crippen molar-refractivity contribution in [3.05, 3.63) is 42.2 Å². The fourth-order valence-corrected chi connectivity index (χ4v) is 3.06. The van der Waals surface area contributed by atoms with E-state index in [-0.39, 0.29) is 12.0 Å². The highest BCUT2D eigenvalue weighted by molar-refractivity contribution is 5.83. The van der Waals surface area contributed by atoms with Crippen molar-refractivity contribution in [2.24, 2.45) is 0 Å². The second-order valence-electron chi connectivity index (χ2n) is 6.56. The van der Waals surface area contributed by atoms with Gasteiger partial charge in [0.05, 0.1) is 12.2 Å². The van der Waals surface area contributed by atoms with Gasteiger partial charge >= 0.3 is 6.18 Å². The summed E-state index contributed by atoms with van der Waals surface area (Å²) in [5.41, 5.74) is -0.229. The van der Waals surface area contributed by atoms with Gasteiger partial charge in [0.2, 0.25) is 0 Å². The molecule has 0 spiro atoms. The van der Waals surface area contributed by atoms with E-state index < -0.39 is 11.7 Å². The minimum atomic E-state index is -4.38. The molecule has 1 unspecified atom stereocenters. The lowest BCUT2D eigenvalue weighted by Crippen LogP contribution is -2.50. The second-order valence-corrected chi connectivity index (χ2v) is 6.56. The number of aromatic nitrogens is 2. The first-order valence-electron chi connectivity index (χ1n) is 8.82. The number of alkyl halides is 3. The summed E-state index contributed by atoms with van der Waals surface area (Å²) in [6, 6.07) is 4.74. The van der Waals surface area contributed by atoms with E-state index in [2.05, 4.69) is 15.3 Å². The molecule has 148 valence electrons. The molecule has 2 aromatic rings. The number of carbonyl (C=O) groups excluding carboxylic acids is 1. The molecule has 1 N–H and O–H groups in total. The Kier molecular flexibility index (Phi) is 4.80. The van der Waals surface area contributed by atoms with Gasteiger partial charge in [0, 0.05) is 44.3 Å². The SMILES string of the molecule is O=C(C1CO1)N1CCN(c2nccnc2Nc2ccc(C(F)(F)F)cc2)CC1. The number of nitrogens with zero attached hydrogens (tertiary/aromatic N) is 4. The molecule has 2 saturated heterocycles. The lowest BCUT2D eigenvalue weighted by Gasteiger charge is -2.35. The van der Waals surface area contributed by atoms with Gasteiger partial charge in [-0.25, -0.2) is 9.97 Å². The van der Waals surface area contributed by atoms with Gasteiger partial charge < -0.3 is 19.9 Å². The number of rotatable bonds is 4. The smallest absolute Gasteiger partial charge is 0.363 e. The van der Waals surface area contributed by atoms with E-state index in [4.69, 9.17) is 4.74 Å². The van der Waals surface area contributed by atoms with E-state index in [1.807, 2.05) is 4.90 Å². The average molecular weight is 393 g/mol. The van der Waals surface area contributed by atoms with E-state index in [1.54, 1.807) is 11.1 Å². The topological polar surface area (TPSA) is 73.9 Å². The first-order chi connectivity index (χ1) is 13.4. The first kappa shape index (κ1) is 18.5. The summed E-state index contributed by atoms with van der Waals surface area (Å²) in [6.07, 6.45) is -1.60. The van der Waals surface area contributed by atoms with Crippen molar-refractivity contribution in [1.82, 2.24) is 14.9 Å². The Morgan fingerprint density at radius 3 is 2.32 bits per heavy atom. The third kappa shape index (κ3) is 4.01. The number of hydrogen-bond acceptors (Lipinski definition) is 6. The number of anilines is 3. The Balaban J connectivity index is 1.45. The van der Waals surface area contributed by atoms with Gasteiger partial charge in [-0.2, -0.15) is 13.2 Å². The molecule has 10 heteroatoms. The molecule has 1 amide bonds. The molecule has 1 atom stereocenters. The summed E-state index contributed by atoms with van der Waals surface area (Å²) in [6.45, 7) is 2.76. The molecule has 0 bridgehead atoms. The van der Waals surface area contributed by atoms with Crippen LogP contribution in [-0.4, -0.2) is 59.7 Å². The summed E-state index contributed by atoms with van der Waals surface area (Å²) in [5.74, 6) is 1.06. The van der Waals surface area contributed by atoms with Crippen LogP contribution in [0.2, 0.25) is 0 Å². The Morgan fingerprint density at radius 1 is 1.07 bits per heavy atom. The van der Waals surface area contributed by atoms with E-state index in [9.17, 15) is 18.0 Å². The minimum Gasteiger partial charge on any atom is -0.363 e. The van der Waals surface area contributed by atoms with Crippen molar-refractivity contribution in [2.75, 3.05) is 43.0 Å². The van der Waals surface area contributed by atoms with E-state index >= 15 is 0 Å². The van der Waals surface area contributed by atoms with Crippen LogP contribution >= 0.6 is 0 Å². The van der Waals surface area contributed by atoms with Crippen molar-refractivity contribution in [1.29, 1.82) is 0 Å². The maximum absolute atomic E-state index is 12.7. The molecule has 4 rings (SSSR count). The van der Waals surface area contributed by atoms with Crippen LogP contribution in [0, 0.1) is 0 Å². The number of benzene rings is 1. The van der Waals surface area contributed by atoms with Crippen LogP contribution in [0.1, 0.15) is 5.56 Å². The molecule has 2 fully saturated rings. The molecule has 3 heterocycles. The summed E-state index contributed by atoms with van der Waals surface area (Å²) in [7, 11) is 0. The summed E-state index contributed by atoms with van der Waals surface area (Å²) in [4.78, 5) is 24.5. The van der Waals surface area contributed by atoms with Gasteiger partial charge in [0.1, 0.15) is 0 Å². The Hall–Kier alpha value is -2.88. The molecular weight excluding hydrogens is 375 g/mol. The lowest BCUT2D eigenvalue weighted by molar-refractivity contribution is -0.137. The molecular formula is C18H18F3N5O2. The number of hydrogen-bond donors (Lipinski definition) is 1.